The quantitative estimate of drug-likeness (QED) is 0.483. The number of hydrogen-bond donors (Lipinski definition) is 3. The van der Waals surface area contributed by atoms with Crippen LogP contribution < -0.4 is 0 Å². The molecule has 0 aliphatic heterocycles. The molecule has 0 amide bonds. The summed E-state index contributed by atoms with van der Waals surface area (Å²) in [7, 11) is 0. The monoisotopic (exact) mass is 353 g/mol. The van der Waals surface area contributed by atoms with Gasteiger partial charge in [0.05, 0.1) is 13.1 Å². The lowest BCUT2D eigenvalue weighted by Crippen LogP contribution is -2.47. The number of rotatable bonds is 11. The maximum Gasteiger partial charge on any atom is 0.323 e. The molecule has 0 saturated carbocycles. The Labute approximate surface area is 143 Å². The van der Waals surface area contributed by atoms with Crippen LogP contribution in [0.4, 0.5) is 0 Å². The van der Waals surface area contributed by atoms with Crippen LogP contribution in [0.2, 0.25) is 0 Å². The van der Waals surface area contributed by atoms with Gasteiger partial charge in [0.15, 0.2) is 0 Å². The Morgan fingerprint density at radius 1 is 0.920 bits per heavy atom. The van der Waals surface area contributed by atoms with Crippen LogP contribution in [0.1, 0.15) is 18.4 Å². The Balaban J connectivity index is 2.86. The summed E-state index contributed by atoms with van der Waals surface area (Å²) in [5.41, 5.74) is 0.691. The summed E-state index contributed by atoms with van der Waals surface area (Å²) in [5.74, 6) is -4.73. The Kier molecular flexibility index (Phi) is 8.07. The Bertz CT molecular complexity index is 600. The van der Waals surface area contributed by atoms with Crippen molar-refractivity contribution in [3.05, 3.63) is 35.9 Å². The molecule has 1 aromatic rings. The molecule has 0 aliphatic carbocycles. The van der Waals surface area contributed by atoms with E-state index in [0.29, 0.717) is 5.56 Å². The first-order valence-electron chi connectivity index (χ1n) is 7.39. The first-order valence-corrected chi connectivity index (χ1v) is 7.39. The second-order valence-electron chi connectivity index (χ2n) is 5.23. The van der Waals surface area contributed by atoms with Crippen molar-refractivity contribution in [1.29, 1.82) is 0 Å². The number of nitrogens with zero attached hydrogens (tertiary/aromatic N) is 1. The zero-order chi connectivity index (χ0) is 18.8. The summed E-state index contributed by atoms with van der Waals surface area (Å²) in [6.45, 7) is -1.54. The van der Waals surface area contributed by atoms with Crippen LogP contribution in [0, 0.1) is 0 Å². The van der Waals surface area contributed by atoms with Crippen molar-refractivity contribution in [3.8, 4) is 0 Å². The molecule has 25 heavy (non-hydrogen) atoms. The predicted molar refractivity (Wildman–Crippen MR) is 83.7 cm³/mol. The largest absolute Gasteiger partial charge is 0.481 e. The highest BCUT2D eigenvalue weighted by Gasteiger charge is 2.31. The van der Waals surface area contributed by atoms with Gasteiger partial charge in [-0.1, -0.05) is 30.3 Å². The smallest absolute Gasteiger partial charge is 0.323 e. The van der Waals surface area contributed by atoms with Gasteiger partial charge in [0, 0.05) is 6.42 Å². The van der Waals surface area contributed by atoms with Crippen molar-refractivity contribution in [2.45, 2.75) is 25.5 Å². The Hall–Kier alpha value is -2.94. The van der Waals surface area contributed by atoms with Crippen molar-refractivity contribution in [2.24, 2.45) is 0 Å². The molecular formula is C16H19NO8. The maximum absolute atomic E-state index is 12.3. The number of esters is 1. The van der Waals surface area contributed by atoms with Crippen molar-refractivity contribution in [3.63, 3.8) is 0 Å². The summed E-state index contributed by atoms with van der Waals surface area (Å²) in [6, 6.07) is 7.41. The zero-order valence-electron chi connectivity index (χ0n) is 13.3. The standard InChI is InChI=1S/C16H19NO8/c18-13(19)7-6-12(17(8-14(20)21)9-15(22)23)16(24)25-10-11-4-2-1-3-5-11/h1-5,12H,6-10H2,(H,18,19)(H,20,21)(H,22,23). The van der Waals surface area contributed by atoms with Gasteiger partial charge >= 0.3 is 23.9 Å². The fourth-order valence-corrected chi connectivity index (χ4v) is 2.16. The number of benzene rings is 1. The normalized spacial score (nSPS) is 11.7. The van der Waals surface area contributed by atoms with Crippen LogP contribution in [0.5, 0.6) is 0 Å². The lowest BCUT2D eigenvalue weighted by Gasteiger charge is -2.27. The van der Waals surface area contributed by atoms with E-state index in [4.69, 9.17) is 20.1 Å². The van der Waals surface area contributed by atoms with Gasteiger partial charge in [-0.05, 0) is 12.0 Å². The Morgan fingerprint density at radius 2 is 1.48 bits per heavy atom. The highest BCUT2D eigenvalue weighted by molar-refractivity contribution is 5.80. The minimum Gasteiger partial charge on any atom is -0.481 e. The van der Waals surface area contributed by atoms with E-state index in [1.54, 1.807) is 30.3 Å². The first-order chi connectivity index (χ1) is 11.8. The van der Waals surface area contributed by atoms with Crippen molar-refractivity contribution < 1.29 is 39.2 Å². The molecule has 9 nitrogen and oxygen atoms in total. The second-order valence-corrected chi connectivity index (χ2v) is 5.23. The number of carboxylic acid groups (broad SMARTS) is 3. The molecule has 1 aromatic carbocycles. The van der Waals surface area contributed by atoms with Crippen molar-refractivity contribution >= 4 is 23.9 Å². The van der Waals surface area contributed by atoms with Crippen LogP contribution in [0.25, 0.3) is 0 Å². The van der Waals surface area contributed by atoms with Gasteiger partial charge in [-0.15, -0.1) is 0 Å². The molecule has 0 spiro atoms. The molecule has 0 heterocycles. The summed E-state index contributed by atoms with van der Waals surface area (Å²) in [4.78, 5) is 45.8. The average molecular weight is 353 g/mol. The van der Waals surface area contributed by atoms with Crippen LogP contribution in [-0.2, 0) is 30.5 Å². The SMILES string of the molecule is O=C(O)CCC(C(=O)OCc1ccccc1)N(CC(=O)O)CC(=O)O. The molecule has 0 saturated heterocycles. The van der Waals surface area contributed by atoms with Gasteiger partial charge < -0.3 is 20.1 Å². The number of aliphatic carboxylic acids is 3. The van der Waals surface area contributed by atoms with Gasteiger partial charge in [0.1, 0.15) is 12.6 Å². The number of carbonyl (C=O) groups is 4. The maximum atomic E-state index is 12.3. The van der Waals surface area contributed by atoms with E-state index in [1.165, 1.54) is 0 Å². The molecule has 9 heteroatoms. The number of hydrogen-bond acceptors (Lipinski definition) is 6. The third-order valence-electron chi connectivity index (χ3n) is 3.25. The number of carbonyl (C=O) groups excluding carboxylic acids is 1. The number of carboxylic acids is 3. The predicted octanol–water partition coefficient (Wildman–Crippen LogP) is 0.434. The van der Waals surface area contributed by atoms with Gasteiger partial charge in [-0.25, -0.2) is 0 Å². The van der Waals surface area contributed by atoms with E-state index >= 15 is 0 Å². The van der Waals surface area contributed by atoms with E-state index < -0.39 is 49.4 Å². The second kappa shape index (κ2) is 10.0. The third kappa shape index (κ3) is 7.93. The van der Waals surface area contributed by atoms with Gasteiger partial charge in [0.2, 0.25) is 0 Å². The summed E-state index contributed by atoms with van der Waals surface area (Å²) < 4.78 is 5.11. The van der Waals surface area contributed by atoms with Crippen LogP contribution in [0.3, 0.4) is 0 Å². The van der Waals surface area contributed by atoms with Crippen molar-refractivity contribution in [1.82, 2.24) is 4.90 Å². The summed E-state index contributed by atoms with van der Waals surface area (Å²) in [5, 5.41) is 26.6. The molecule has 0 radical (unpaired) electrons. The van der Waals surface area contributed by atoms with Crippen LogP contribution in [0.15, 0.2) is 30.3 Å². The summed E-state index contributed by atoms with van der Waals surface area (Å²) in [6.07, 6.45) is -0.690. The molecule has 0 aromatic heterocycles. The first kappa shape index (κ1) is 20.1. The molecule has 1 unspecified atom stereocenters. The Morgan fingerprint density at radius 3 is 1.96 bits per heavy atom. The lowest BCUT2D eigenvalue weighted by atomic mass is 10.1. The molecule has 1 rings (SSSR count). The average Bonchev–Trinajstić information content (AvgIpc) is 2.52. The molecule has 0 bridgehead atoms. The number of ether oxygens (including phenoxy) is 1. The van der Waals surface area contributed by atoms with Gasteiger partial charge in [-0.2, -0.15) is 0 Å². The summed E-state index contributed by atoms with van der Waals surface area (Å²) >= 11 is 0. The van der Waals surface area contributed by atoms with E-state index in [1.807, 2.05) is 0 Å². The highest BCUT2D eigenvalue weighted by atomic mass is 16.5. The topological polar surface area (TPSA) is 141 Å². The van der Waals surface area contributed by atoms with E-state index in [9.17, 15) is 19.2 Å². The van der Waals surface area contributed by atoms with Crippen LogP contribution >= 0.6 is 0 Å². The minimum atomic E-state index is -1.34. The van der Waals surface area contributed by atoms with Gasteiger partial charge in [-0.3, -0.25) is 24.1 Å². The molecule has 136 valence electrons. The molecule has 3 N–H and O–H groups in total. The van der Waals surface area contributed by atoms with Crippen molar-refractivity contribution in [2.75, 3.05) is 13.1 Å². The minimum absolute atomic E-state index is 0.0861. The fourth-order valence-electron chi connectivity index (χ4n) is 2.16. The highest BCUT2D eigenvalue weighted by Crippen LogP contribution is 2.12. The lowest BCUT2D eigenvalue weighted by molar-refractivity contribution is -0.155. The van der Waals surface area contributed by atoms with Crippen LogP contribution in [-0.4, -0.2) is 63.2 Å². The zero-order valence-corrected chi connectivity index (χ0v) is 13.3. The molecule has 1 atom stereocenters. The van der Waals surface area contributed by atoms with E-state index in [0.717, 1.165) is 4.90 Å². The fraction of sp³-hybridized carbons (Fsp3) is 0.375. The third-order valence-corrected chi connectivity index (χ3v) is 3.25. The molecule has 0 fully saturated rings. The molecular weight excluding hydrogens is 334 g/mol. The van der Waals surface area contributed by atoms with E-state index in [-0.39, 0.29) is 13.0 Å². The van der Waals surface area contributed by atoms with E-state index in [2.05, 4.69) is 0 Å². The molecule has 0 aliphatic rings. The van der Waals surface area contributed by atoms with Gasteiger partial charge in [0.25, 0.3) is 0 Å².